The number of amides is 2. The topological polar surface area (TPSA) is 67.4 Å². The molecule has 2 amide bonds. The Morgan fingerprint density at radius 3 is 2.34 bits per heavy atom. The van der Waals surface area contributed by atoms with E-state index in [2.05, 4.69) is 10.6 Å². The van der Waals surface area contributed by atoms with E-state index in [-0.39, 0.29) is 24.0 Å². The van der Waals surface area contributed by atoms with Crippen LogP contribution in [0.2, 0.25) is 0 Å². The third-order valence-corrected chi connectivity index (χ3v) is 4.28. The van der Waals surface area contributed by atoms with Gasteiger partial charge in [0.2, 0.25) is 0 Å². The predicted molar refractivity (Wildman–Crippen MR) is 116 cm³/mol. The maximum absolute atomic E-state index is 12.9. The van der Waals surface area contributed by atoms with Crippen LogP contribution in [0.25, 0.3) is 10.8 Å². The quantitative estimate of drug-likeness (QED) is 0.664. The van der Waals surface area contributed by atoms with Crippen molar-refractivity contribution in [3.05, 3.63) is 71.8 Å². The fraction of sp³-hybridized carbons (Fsp3) is 0.250. The molecule has 29 heavy (non-hydrogen) atoms. The molecule has 0 atom stereocenters. The van der Waals surface area contributed by atoms with Crippen LogP contribution in [0.4, 0.5) is 5.69 Å². The molecule has 0 fully saturated rings. The lowest BCUT2D eigenvalue weighted by Crippen LogP contribution is -2.43. The SMILES string of the molecule is Cc1cccc(NC(=O)c2ccc(OCC(=O)NC(C)(C)C)c3ccccc23)c1. The molecule has 5 nitrogen and oxygen atoms in total. The Morgan fingerprint density at radius 2 is 1.66 bits per heavy atom. The van der Waals surface area contributed by atoms with Crippen molar-refractivity contribution in [3.63, 3.8) is 0 Å². The summed E-state index contributed by atoms with van der Waals surface area (Å²) in [6.45, 7) is 7.65. The van der Waals surface area contributed by atoms with E-state index in [4.69, 9.17) is 4.74 Å². The number of rotatable bonds is 5. The standard InChI is InChI=1S/C24H26N2O3/c1-16-8-7-9-17(14-16)25-23(28)20-12-13-21(19-11-6-5-10-18(19)20)29-15-22(27)26-24(2,3)4/h5-14H,15H2,1-4H3,(H,25,28)(H,26,27). The highest BCUT2D eigenvalue weighted by atomic mass is 16.5. The molecule has 0 aliphatic carbocycles. The maximum atomic E-state index is 12.9. The van der Waals surface area contributed by atoms with Gasteiger partial charge in [0, 0.05) is 22.2 Å². The number of anilines is 1. The van der Waals surface area contributed by atoms with Gasteiger partial charge in [-0.2, -0.15) is 0 Å². The third-order valence-electron chi connectivity index (χ3n) is 4.28. The van der Waals surface area contributed by atoms with Crippen LogP contribution in [0, 0.1) is 6.92 Å². The highest BCUT2D eigenvalue weighted by Gasteiger charge is 2.16. The van der Waals surface area contributed by atoms with E-state index < -0.39 is 0 Å². The first-order valence-electron chi connectivity index (χ1n) is 9.56. The van der Waals surface area contributed by atoms with Crippen LogP contribution in [0.1, 0.15) is 36.7 Å². The minimum Gasteiger partial charge on any atom is -0.483 e. The normalized spacial score (nSPS) is 11.2. The average Bonchev–Trinajstić information content (AvgIpc) is 2.64. The van der Waals surface area contributed by atoms with Crippen molar-refractivity contribution in [2.45, 2.75) is 33.2 Å². The van der Waals surface area contributed by atoms with Crippen molar-refractivity contribution in [2.24, 2.45) is 0 Å². The summed E-state index contributed by atoms with van der Waals surface area (Å²) in [6, 6.07) is 18.6. The van der Waals surface area contributed by atoms with Gasteiger partial charge in [-0.25, -0.2) is 0 Å². The second-order valence-corrected chi connectivity index (χ2v) is 8.07. The Bertz CT molecular complexity index is 1050. The smallest absolute Gasteiger partial charge is 0.258 e. The average molecular weight is 390 g/mol. The summed E-state index contributed by atoms with van der Waals surface area (Å²) in [7, 11) is 0. The number of fused-ring (bicyclic) bond motifs is 1. The van der Waals surface area contributed by atoms with Crippen molar-refractivity contribution in [1.29, 1.82) is 0 Å². The summed E-state index contributed by atoms with van der Waals surface area (Å²) in [4.78, 5) is 24.9. The molecule has 0 aromatic heterocycles. The van der Waals surface area contributed by atoms with Gasteiger partial charge in [0.05, 0.1) is 0 Å². The van der Waals surface area contributed by atoms with Gasteiger partial charge < -0.3 is 15.4 Å². The summed E-state index contributed by atoms with van der Waals surface area (Å²) in [5.74, 6) is 0.184. The summed E-state index contributed by atoms with van der Waals surface area (Å²) in [5, 5.41) is 7.37. The molecule has 3 aromatic carbocycles. The Kier molecular flexibility index (Phi) is 5.87. The molecule has 0 saturated heterocycles. The van der Waals surface area contributed by atoms with Gasteiger partial charge in [-0.3, -0.25) is 9.59 Å². The van der Waals surface area contributed by atoms with Crippen molar-refractivity contribution in [2.75, 3.05) is 11.9 Å². The van der Waals surface area contributed by atoms with Gasteiger partial charge in [-0.1, -0.05) is 36.4 Å². The van der Waals surface area contributed by atoms with Gasteiger partial charge in [0.15, 0.2) is 6.61 Å². The van der Waals surface area contributed by atoms with Crippen molar-refractivity contribution in [3.8, 4) is 5.75 Å². The Labute approximate surface area is 171 Å². The van der Waals surface area contributed by atoms with Crippen LogP contribution >= 0.6 is 0 Å². The third kappa shape index (κ3) is 5.35. The second kappa shape index (κ2) is 8.35. The van der Waals surface area contributed by atoms with E-state index in [9.17, 15) is 9.59 Å². The van der Waals surface area contributed by atoms with E-state index in [1.807, 2.05) is 76.2 Å². The first-order valence-corrected chi connectivity index (χ1v) is 9.56. The molecule has 5 heteroatoms. The zero-order valence-electron chi connectivity index (χ0n) is 17.2. The molecular weight excluding hydrogens is 364 g/mol. The van der Waals surface area contributed by atoms with Crippen molar-refractivity contribution in [1.82, 2.24) is 5.32 Å². The molecule has 0 radical (unpaired) electrons. The lowest BCUT2D eigenvalue weighted by molar-refractivity contribution is -0.124. The molecule has 2 N–H and O–H groups in total. The van der Waals surface area contributed by atoms with Gasteiger partial charge in [-0.05, 0) is 62.9 Å². The van der Waals surface area contributed by atoms with Crippen LogP contribution < -0.4 is 15.4 Å². The van der Waals surface area contributed by atoms with Gasteiger partial charge in [0.1, 0.15) is 5.75 Å². The van der Waals surface area contributed by atoms with Crippen LogP contribution in [0.3, 0.4) is 0 Å². The minimum atomic E-state index is -0.319. The van der Waals surface area contributed by atoms with E-state index >= 15 is 0 Å². The number of aryl methyl sites for hydroxylation is 1. The largest absolute Gasteiger partial charge is 0.483 e. The van der Waals surface area contributed by atoms with Crippen LogP contribution in [0.15, 0.2) is 60.7 Å². The molecule has 0 aliphatic heterocycles. The summed E-state index contributed by atoms with van der Waals surface area (Å²) in [6.07, 6.45) is 0. The fourth-order valence-corrected chi connectivity index (χ4v) is 3.11. The molecular formula is C24H26N2O3. The van der Waals surface area contributed by atoms with Gasteiger partial charge in [-0.15, -0.1) is 0 Å². The number of ether oxygens (including phenoxy) is 1. The summed E-state index contributed by atoms with van der Waals surface area (Å²) >= 11 is 0. The number of hydrogen-bond acceptors (Lipinski definition) is 3. The van der Waals surface area contributed by atoms with E-state index in [1.54, 1.807) is 12.1 Å². The summed E-state index contributed by atoms with van der Waals surface area (Å²) in [5.41, 5.74) is 2.05. The molecule has 150 valence electrons. The lowest BCUT2D eigenvalue weighted by atomic mass is 10.0. The first kappa shape index (κ1) is 20.4. The van der Waals surface area contributed by atoms with Crippen LogP contribution in [-0.2, 0) is 4.79 Å². The molecule has 3 aromatic rings. The van der Waals surface area contributed by atoms with E-state index in [0.29, 0.717) is 11.3 Å². The number of hydrogen-bond donors (Lipinski definition) is 2. The molecule has 0 saturated carbocycles. The molecule has 0 aliphatic rings. The van der Waals surface area contributed by atoms with Crippen molar-refractivity contribution < 1.29 is 14.3 Å². The van der Waals surface area contributed by atoms with E-state index in [1.165, 1.54) is 0 Å². The van der Waals surface area contributed by atoms with Crippen molar-refractivity contribution >= 4 is 28.3 Å². The Morgan fingerprint density at radius 1 is 0.931 bits per heavy atom. The fourth-order valence-electron chi connectivity index (χ4n) is 3.11. The molecule has 0 unspecified atom stereocenters. The Hall–Kier alpha value is -3.34. The minimum absolute atomic E-state index is 0.0872. The molecule has 0 spiro atoms. The van der Waals surface area contributed by atoms with Gasteiger partial charge in [0.25, 0.3) is 11.8 Å². The number of benzene rings is 3. The lowest BCUT2D eigenvalue weighted by Gasteiger charge is -2.20. The highest BCUT2D eigenvalue weighted by Crippen LogP contribution is 2.29. The summed E-state index contributed by atoms with van der Waals surface area (Å²) < 4.78 is 5.75. The van der Waals surface area contributed by atoms with E-state index in [0.717, 1.165) is 22.0 Å². The predicted octanol–water partition coefficient (Wildman–Crippen LogP) is 4.69. The second-order valence-electron chi connectivity index (χ2n) is 8.07. The van der Waals surface area contributed by atoms with Crippen LogP contribution in [0.5, 0.6) is 5.75 Å². The first-order chi connectivity index (χ1) is 13.7. The number of carbonyl (C=O) groups excluding carboxylic acids is 2. The molecule has 3 rings (SSSR count). The zero-order chi connectivity index (χ0) is 21.0. The van der Waals surface area contributed by atoms with Crippen LogP contribution in [-0.4, -0.2) is 24.0 Å². The highest BCUT2D eigenvalue weighted by molar-refractivity contribution is 6.14. The maximum Gasteiger partial charge on any atom is 0.258 e. The number of nitrogens with one attached hydrogen (secondary N) is 2. The number of carbonyl (C=O) groups is 2. The Balaban J connectivity index is 1.83. The van der Waals surface area contributed by atoms with Gasteiger partial charge >= 0.3 is 0 Å². The molecule has 0 bridgehead atoms. The zero-order valence-corrected chi connectivity index (χ0v) is 17.2. The monoisotopic (exact) mass is 390 g/mol. The molecule has 0 heterocycles.